The number of hydrogen-bond acceptors (Lipinski definition) is 2. The molecule has 1 heterocycles. The summed E-state index contributed by atoms with van der Waals surface area (Å²) in [5, 5.41) is 5.70. The highest BCUT2D eigenvalue weighted by Gasteiger charge is 2.18. The van der Waals surface area contributed by atoms with Crippen LogP contribution in [0.15, 0.2) is 82.4 Å². The molecule has 0 saturated heterocycles. The molecule has 0 atom stereocenters. The van der Waals surface area contributed by atoms with E-state index in [0.717, 1.165) is 32.1 Å². The van der Waals surface area contributed by atoms with Crippen molar-refractivity contribution in [2.45, 2.75) is 0 Å². The topological polar surface area (TPSA) is 57.2 Å². The molecule has 0 aliphatic carbocycles. The zero-order chi connectivity index (χ0) is 19.5. The highest BCUT2D eigenvalue weighted by molar-refractivity contribution is 9.10. The third kappa shape index (κ3) is 3.86. The van der Waals surface area contributed by atoms with E-state index in [1.165, 1.54) is 0 Å². The number of para-hydroxylation sites is 1. The molecule has 4 nitrogen and oxygen atoms in total. The molecule has 0 saturated carbocycles. The number of carbonyl (C=O) groups excluding carboxylic acids is 1. The summed E-state index contributed by atoms with van der Waals surface area (Å²) in [6, 6.07) is 22.9. The van der Waals surface area contributed by atoms with Gasteiger partial charge in [-0.3, -0.25) is 4.79 Å². The van der Waals surface area contributed by atoms with Crippen molar-refractivity contribution in [3.8, 4) is 11.1 Å². The number of carbonyl (C=O) groups is 1. The third-order valence-electron chi connectivity index (χ3n) is 4.32. The Kier molecular flexibility index (Phi) is 5.28. The van der Waals surface area contributed by atoms with Gasteiger partial charge in [-0.05, 0) is 41.5 Å². The van der Waals surface area contributed by atoms with Crippen molar-refractivity contribution in [1.29, 1.82) is 0 Å². The van der Waals surface area contributed by atoms with Gasteiger partial charge in [-0.25, -0.2) is 5.43 Å². The number of amides is 1. The maximum absolute atomic E-state index is 12.8. The Morgan fingerprint density at radius 3 is 2.46 bits per heavy atom. The minimum absolute atomic E-state index is 0.311. The molecule has 138 valence electrons. The first-order valence-corrected chi connectivity index (χ1v) is 9.74. The number of benzene rings is 3. The van der Waals surface area contributed by atoms with Gasteiger partial charge in [0.15, 0.2) is 0 Å². The average Bonchev–Trinajstić information content (AvgIpc) is 3.10. The molecule has 0 unspecified atom stereocenters. The van der Waals surface area contributed by atoms with E-state index in [9.17, 15) is 4.79 Å². The van der Waals surface area contributed by atoms with Crippen LogP contribution in [0.2, 0.25) is 5.02 Å². The quantitative estimate of drug-likeness (QED) is 0.289. The number of nitrogens with zero attached hydrogens (tertiary/aromatic N) is 1. The SMILES string of the molecule is O=C(NN=Cc1ccc(Br)cc1)c1[nH]c2ccccc2c1-c1ccc(Cl)cc1. The van der Waals surface area contributed by atoms with Crippen molar-refractivity contribution in [1.82, 2.24) is 10.4 Å². The molecule has 0 bridgehead atoms. The second-order valence-corrected chi connectivity index (χ2v) is 7.53. The molecule has 6 heteroatoms. The van der Waals surface area contributed by atoms with Crippen LogP contribution in [0, 0.1) is 0 Å². The minimum atomic E-state index is -0.311. The van der Waals surface area contributed by atoms with Gasteiger partial charge in [-0.1, -0.05) is 70.0 Å². The second-order valence-electron chi connectivity index (χ2n) is 6.18. The molecule has 2 N–H and O–H groups in total. The van der Waals surface area contributed by atoms with Gasteiger partial charge >= 0.3 is 0 Å². The van der Waals surface area contributed by atoms with Gasteiger partial charge in [0.2, 0.25) is 0 Å². The highest BCUT2D eigenvalue weighted by atomic mass is 79.9. The van der Waals surface area contributed by atoms with Gasteiger partial charge in [-0.15, -0.1) is 0 Å². The first-order chi connectivity index (χ1) is 13.6. The lowest BCUT2D eigenvalue weighted by Crippen LogP contribution is -2.18. The summed E-state index contributed by atoms with van der Waals surface area (Å²) in [5.41, 5.74) is 6.56. The lowest BCUT2D eigenvalue weighted by molar-refractivity contribution is 0.0951. The molecular formula is C22H15BrClN3O. The number of halogens is 2. The molecule has 28 heavy (non-hydrogen) atoms. The number of aromatic amines is 1. The van der Waals surface area contributed by atoms with E-state index in [0.29, 0.717) is 10.7 Å². The molecule has 0 fully saturated rings. The van der Waals surface area contributed by atoms with Crippen LogP contribution < -0.4 is 5.43 Å². The smallest absolute Gasteiger partial charge is 0.288 e. The summed E-state index contributed by atoms with van der Waals surface area (Å²) in [4.78, 5) is 16.0. The van der Waals surface area contributed by atoms with Crippen molar-refractivity contribution in [3.05, 3.63) is 93.5 Å². The Balaban J connectivity index is 1.67. The van der Waals surface area contributed by atoms with Crippen molar-refractivity contribution >= 4 is 50.6 Å². The Labute approximate surface area is 175 Å². The zero-order valence-electron chi connectivity index (χ0n) is 14.6. The van der Waals surface area contributed by atoms with E-state index in [-0.39, 0.29) is 5.91 Å². The van der Waals surface area contributed by atoms with Crippen LogP contribution in [-0.4, -0.2) is 17.1 Å². The Morgan fingerprint density at radius 1 is 1.00 bits per heavy atom. The fourth-order valence-corrected chi connectivity index (χ4v) is 3.39. The van der Waals surface area contributed by atoms with Crippen LogP contribution in [0.25, 0.3) is 22.0 Å². The molecule has 0 radical (unpaired) electrons. The van der Waals surface area contributed by atoms with E-state index in [1.807, 2.05) is 72.8 Å². The number of fused-ring (bicyclic) bond motifs is 1. The summed E-state index contributed by atoms with van der Waals surface area (Å²) in [6.07, 6.45) is 1.61. The van der Waals surface area contributed by atoms with Gasteiger partial charge < -0.3 is 4.98 Å². The van der Waals surface area contributed by atoms with E-state index >= 15 is 0 Å². The van der Waals surface area contributed by atoms with Crippen LogP contribution >= 0.6 is 27.5 Å². The number of hydrogen-bond donors (Lipinski definition) is 2. The number of nitrogens with one attached hydrogen (secondary N) is 2. The van der Waals surface area contributed by atoms with E-state index in [4.69, 9.17) is 11.6 Å². The Hall–Kier alpha value is -2.89. The standard InChI is InChI=1S/C22H15BrClN3O/c23-16-9-5-14(6-10-16)13-25-27-22(28)21-20(15-7-11-17(24)12-8-15)18-3-1-2-4-19(18)26-21/h1-13,26H,(H,27,28). The minimum Gasteiger partial charge on any atom is -0.350 e. The van der Waals surface area contributed by atoms with Crippen molar-refractivity contribution in [2.75, 3.05) is 0 Å². The summed E-state index contributed by atoms with van der Waals surface area (Å²) in [5.74, 6) is -0.311. The largest absolute Gasteiger partial charge is 0.350 e. The van der Waals surface area contributed by atoms with Gasteiger partial charge in [0, 0.05) is 26.0 Å². The van der Waals surface area contributed by atoms with Gasteiger partial charge in [0.25, 0.3) is 5.91 Å². The average molecular weight is 453 g/mol. The van der Waals surface area contributed by atoms with Gasteiger partial charge in [-0.2, -0.15) is 5.10 Å². The van der Waals surface area contributed by atoms with Crippen LogP contribution in [-0.2, 0) is 0 Å². The Morgan fingerprint density at radius 2 is 1.71 bits per heavy atom. The molecule has 4 rings (SSSR count). The molecule has 1 aromatic heterocycles. The van der Waals surface area contributed by atoms with Crippen LogP contribution in [0.5, 0.6) is 0 Å². The van der Waals surface area contributed by atoms with Crippen molar-refractivity contribution in [3.63, 3.8) is 0 Å². The molecule has 1 amide bonds. The van der Waals surface area contributed by atoms with Crippen LogP contribution in [0.3, 0.4) is 0 Å². The van der Waals surface area contributed by atoms with E-state index in [1.54, 1.807) is 6.21 Å². The third-order valence-corrected chi connectivity index (χ3v) is 5.10. The maximum atomic E-state index is 12.8. The molecular weight excluding hydrogens is 438 g/mol. The number of hydrazone groups is 1. The number of aromatic nitrogens is 1. The van der Waals surface area contributed by atoms with Crippen LogP contribution in [0.1, 0.15) is 16.1 Å². The molecule has 4 aromatic rings. The second kappa shape index (κ2) is 8.00. The lowest BCUT2D eigenvalue weighted by atomic mass is 10.0. The van der Waals surface area contributed by atoms with Crippen LogP contribution in [0.4, 0.5) is 0 Å². The zero-order valence-corrected chi connectivity index (χ0v) is 17.0. The number of H-pyrrole nitrogens is 1. The van der Waals surface area contributed by atoms with Crippen molar-refractivity contribution in [2.24, 2.45) is 5.10 Å². The maximum Gasteiger partial charge on any atom is 0.288 e. The molecule has 0 aliphatic rings. The number of rotatable bonds is 4. The first kappa shape index (κ1) is 18.5. The summed E-state index contributed by atoms with van der Waals surface area (Å²) < 4.78 is 0.986. The monoisotopic (exact) mass is 451 g/mol. The highest BCUT2D eigenvalue weighted by Crippen LogP contribution is 2.33. The fraction of sp³-hybridized carbons (Fsp3) is 0. The van der Waals surface area contributed by atoms with Crippen molar-refractivity contribution < 1.29 is 4.79 Å². The summed E-state index contributed by atoms with van der Waals surface area (Å²) >= 11 is 9.41. The van der Waals surface area contributed by atoms with Gasteiger partial charge in [0.05, 0.1) is 6.21 Å². The predicted molar refractivity (Wildman–Crippen MR) is 118 cm³/mol. The normalized spacial score (nSPS) is 11.2. The lowest BCUT2D eigenvalue weighted by Gasteiger charge is -2.05. The van der Waals surface area contributed by atoms with E-state index < -0.39 is 0 Å². The molecule has 3 aromatic carbocycles. The Bertz CT molecular complexity index is 1160. The summed E-state index contributed by atoms with van der Waals surface area (Å²) in [6.45, 7) is 0. The molecule has 0 spiro atoms. The summed E-state index contributed by atoms with van der Waals surface area (Å²) in [7, 11) is 0. The van der Waals surface area contributed by atoms with E-state index in [2.05, 4.69) is 31.4 Å². The van der Waals surface area contributed by atoms with Gasteiger partial charge in [0.1, 0.15) is 5.69 Å². The predicted octanol–water partition coefficient (Wildman–Crippen LogP) is 6.01. The molecule has 0 aliphatic heterocycles. The fourth-order valence-electron chi connectivity index (χ4n) is 3.00. The first-order valence-electron chi connectivity index (χ1n) is 8.57.